The number of nitrogens with zero attached hydrogens (tertiary/aromatic N) is 5. The van der Waals surface area contributed by atoms with Gasteiger partial charge >= 0.3 is 0 Å². The van der Waals surface area contributed by atoms with Crippen LogP contribution in [-0.2, 0) is 20.1 Å². The SMILES string of the molecule is Fc1c[c-]c(-c2ccccn2)c(F)n1.Fc1cc(-c2ccccn2)[n-]n1.[Ir]. The molecule has 4 heterocycles. The molecule has 0 fully saturated rings. The Labute approximate surface area is 166 Å². The van der Waals surface area contributed by atoms with Gasteiger partial charge in [0.25, 0.3) is 0 Å². The van der Waals surface area contributed by atoms with E-state index in [1.54, 1.807) is 36.5 Å². The zero-order valence-electron chi connectivity index (χ0n) is 13.5. The molecule has 0 saturated carbocycles. The Kier molecular flexibility index (Phi) is 7.33. The van der Waals surface area contributed by atoms with Gasteiger partial charge in [0.15, 0.2) is 5.95 Å². The number of hydrogen-bond acceptors (Lipinski definition) is 4. The van der Waals surface area contributed by atoms with E-state index < -0.39 is 17.8 Å². The van der Waals surface area contributed by atoms with Crippen LogP contribution in [0.1, 0.15) is 0 Å². The van der Waals surface area contributed by atoms with Crippen LogP contribution in [0.15, 0.2) is 60.9 Å². The second-order valence-electron chi connectivity index (χ2n) is 4.87. The maximum absolute atomic E-state index is 13.1. The molecule has 0 amide bonds. The van der Waals surface area contributed by atoms with Gasteiger partial charge in [0.1, 0.15) is 11.9 Å². The van der Waals surface area contributed by atoms with Gasteiger partial charge in [0.05, 0.1) is 0 Å². The van der Waals surface area contributed by atoms with E-state index in [9.17, 15) is 13.2 Å². The summed E-state index contributed by atoms with van der Waals surface area (Å²) in [6.07, 6.45) is 3.15. The molecule has 9 heteroatoms. The molecule has 5 nitrogen and oxygen atoms in total. The van der Waals surface area contributed by atoms with Crippen LogP contribution in [0.2, 0.25) is 0 Å². The molecule has 0 unspecified atom stereocenters. The minimum Gasteiger partial charge on any atom is -0.571 e. The van der Waals surface area contributed by atoms with Crippen molar-refractivity contribution in [1.29, 1.82) is 0 Å². The quantitative estimate of drug-likeness (QED) is 0.285. The minimum atomic E-state index is -0.899. The molecule has 0 N–H and O–H groups in total. The average Bonchev–Trinajstić information content (AvgIpc) is 3.10. The third kappa shape index (κ3) is 5.54. The fourth-order valence-electron chi connectivity index (χ4n) is 1.98. The predicted molar refractivity (Wildman–Crippen MR) is 87.0 cm³/mol. The number of aromatic nitrogens is 5. The molecular weight excluding hydrogens is 535 g/mol. The zero-order chi connectivity index (χ0) is 18.4. The standard InChI is InChI=1S/C10H5F2N2.C8H5FN3.Ir/c11-9-5-4-7(10(12)14-9)8-3-1-2-6-13-8;9-8-5-7(11-12-8)6-3-1-2-4-10-6;/h1-3,5-6H;1-5H;/q2*-1;. The Morgan fingerprint density at radius 3 is 2.04 bits per heavy atom. The number of pyridine rings is 3. The molecule has 4 aromatic heterocycles. The molecule has 0 saturated heterocycles. The Morgan fingerprint density at radius 1 is 0.852 bits per heavy atom. The monoisotopic (exact) mass is 546 g/mol. The molecule has 0 atom stereocenters. The number of halogens is 3. The largest absolute Gasteiger partial charge is 0.571 e. The Balaban J connectivity index is 0.000000189. The van der Waals surface area contributed by atoms with Gasteiger partial charge < -0.3 is 15.2 Å². The van der Waals surface area contributed by atoms with Crippen LogP contribution in [0, 0.1) is 23.9 Å². The Morgan fingerprint density at radius 2 is 1.52 bits per heavy atom. The van der Waals surface area contributed by atoms with E-state index in [2.05, 4.69) is 31.2 Å². The third-order valence-corrected chi connectivity index (χ3v) is 3.10. The number of rotatable bonds is 2. The van der Waals surface area contributed by atoms with E-state index in [0.29, 0.717) is 17.1 Å². The van der Waals surface area contributed by atoms with E-state index in [1.807, 2.05) is 6.07 Å². The summed E-state index contributed by atoms with van der Waals surface area (Å²) in [4.78, 5) is 10.9. The maximum atomic E-state index is 13.1. The van der Waals surface area contributed by atoms with Gasteiger partial charge in [-0.25, -0.2) is 8.78 Å². The smallest absolute Gasteiger partial charge is 0.193 e. The maximum Gasteiger partial charge on any atom is 0.193 e. The van der Waals surface area contributed by atoms with Gasteiger partial charge in [-0.15, -0.1) is 6.07 Å². The van der Waals surface area contributed by atoms with E-state index in [0.717, 1.165) is 6.07 Å². The Hall–Kier alpha value is -2.90. The first-order valence-electron chi connectivity index (χ1n) is 7.36. The minimum absolute atomic E-state index is 0. The van der Waals surface area contributed by atoms with E-state index >= 15 is 0 Å². The molecule has 4 aromatic rings. The van der Waals surface area contributed by atoms with Gasteiger partial charge in [0, 0.05) is 38.2 Å². The van der Waals surface area contributed by atoms with Crippen LogP contribution in [0.4, 0.5) is 13.2 Å². The van der Waals surface area contributed by atoms with Crippen molar-refractivity contribution in [3.63, 3.8) is 0 Å². The van der Waals surface area contributed by atoms with Crippen molar-refractivity contribution in [2.75, 3.05) is 0 Å². The summed E-state index contributed by atoms with van der Waals surface area (Å²) < 4.78 is 38.0. The molecular formula is C18H10F3IrN5-2. The van der Waals surface area contributed by atoms with Gasteiger partial charge in [-0.05, 0) is 30.0 Å². The van der Waals surface area contributed by atoms with Gasteiger partial charge in [-0.2, -0.15) is 4.39 Å². The fraction of sp³-hybridized carbons (Fsp3) is 0. The molecule has 0 aliphatic heterocycles. The topological polar surface area (TPSA) is 65.7 Å². The van der Waals surface area contributed by atoms with Crippen LogP contribution < -0.4 is 5.10 Å². The first-order chi connectivity index (χ1) is 12.6. The number of hydrogen-bond donors (Lipinski definition) is 0. The normalized spacial score (nSPS) is 9.74. The van der Waals surface area contributed by atoms with Crippen LogP contribution in [0.5, 0.6) is 0 Å². The van der Waals surface area contributed by atoms with Crippen molar-refractivity contribution >= 4 is 0 Å². The first-order valence-corrected chi connectivity index (χ1v) is 7.36. The van der Waals surface area contributed by atoms with Crippen molar-refractivity contribution in [1.82, 2.24) is 25.1 Å². The summed E-state index contributed by atoms with van der Waals surface area (Å²) >= 11 is 0. The molecule has 0 aliphatic rings. The summed E-state index contributed by atoms with van der Waals surface area (Å²) in [7, 11) is 0. The predicted octanol–water partition coefficient (Wildman–Crippen LogP) is 3.46. The summed E-state index contributed by atoms with van der Waals surface area (Å²) in [5, 5.41) is 6.83. The van der Waals surface area contributed by atoms with Gasteiger partial charge in [-0.1, -0.05) is 35.5 Å². The van der Waals surface area contributed by atoms with Crippen molar-refractivity contribution in [2.45, 2.75) is 0 Å². The zero-order valence-corrected chi connectivity index (χ0v) is 15.9. The summed E-state index contributed by atoms with van der Waals surface area (Å²) in [6, 6.07) is 15.1. The summed E-state index contributed by atoms with van der Waals surface area (Å²) in [5.74, 6) is -2.36. The van der Waals surface area contributed by atoms with Crippen molar-refractivity contribution < 1.29 is 33.3 Å². The van der Waals surface area contributed by atoms with Crippen LogP contribution in [0.3, 0.4) is 0 Å². The summed E-state index contributed by atoms with van der Waals surface area (Å²) in [5.41, 5.74) is 1.56. The molecule has 0 bridgehead atoms. The molecule has 4 rings (SSSR count). The van der Waals surface area contributed by atoms with E-state index in [-0.39, 0.29) is 25.7 Å². The second-order valence-corrected chi connectivity index (χ2v) is 4.87. The summed E-state index contributed by atoms with van der Waals surface area (Å²) in [6.45, 7) is 0. The Bertz CT molecular complexity index is 981. The second kappa shape index (κ2) is 9.70. The molecule has 27 heavy (non-hydrogen) atoms. The van der Waals surface area contributed by atoms with Crippen LogP contribution in [0.25, 0.3) is 22.6 Å². The van der Waals surface area contributed by atoms with E-state index in [4.69, 9.17) is 0 Å². The van der Waals surface area contributed by atoms with E-state index in [1.165, 1.54) is 12.3 Å². The van der Waals surface area contributed by atoms with Gasteiger partial charge in [0.2, 0.25) is 0 Å². The third-order valence-electron chi connectivity index (χ3n) is 3.10. The molecule has 0 aliphatic carbocycles. The first kappa shape index (κ1) is 20.4. The molecule has 0 aromatic carbocycles. The average molecular weight is 546 g/mol. The fourth-order valence-corrected chi connectivity index (χ4v) is 1.98. The van der Waals surface area contributed by atoms with Crippen LogP contribution in [-0.4, -0.2) is 20.1 Å². The molecule has 1 radical (unpaired) electrons. The molecule has 0 spiro atoms. The van der Waals surface area contributed by atoms with Crippen LogP contribution >= 0.6 is 0 Å². The van der Waals surface area contributed by atoms with Crippen molar-refractivity contribution in [3.8, 4) is 22.6 Å². The van der Waals surface area contributed by atoms with Crippen molar-refractivity contribution in [3.05, 3.63) is 84.8 Å². The van der Waals surface area contributed by atoms with Crippen molar-refractivity contribution in [2.24, 2.45) is 0 Å². The van der Waals surface area contributed by atoms with Gasteiger partial charge in [-0.3, -0.25) is 9.97 Å². The molecule has 139 valence electrons.